The second kappa shape index (κ2) is 10.4. The van der Waals surface area contributed by atoms with Crippen LogP contribution in [0.15, 0.2) is 35.2 Å². The van der Waals surface area contributed by atoms with Crippen LogP contribution in [0.1, 0.15) is 46.4 Å². The van der Waals surface area contributed by atoms with Gasteiger partial charge in [0.2, 0.25) is 21.7 Å². The number of Topliss-reactive ketones (excluding diaryl/α,β-unsaturated/α-hetero) is 1. The predicted octanol–water partition coefficient (Wildman–Crippen LogP) is 2.73. The number of aryl methyl sites for hydroxylation is 2. The number of ether oxygens (including phenoxy) is 1. The van der Waals surface area contributed by atoms with Crippen LogP contribution < -0.4 is 10.0 Å². The fourth-order valence-corrected chi connectivity index (χ4v) is 4.37. The highest BCUT2D eigenvalue weighted by Gasteiger charge is 2.21. The van der Waals surface area contributed by atoms with Crippen LogP contribution in [0.25, 0.3) is 0 Å². The molecule has 2 N–H and O–H groups in total. The molecule has 8 nitrogen and oxygen atoms in total. The third-order valence-corrected chi connectivity index (χ3v) is 7.13. The maximum absolute atomic E-state index is 12.3. The van der Waals surface area contributed by atoms with Crippen molar-refractivity contribution in [1.82, 2.24) is 10.0 Å². The summed E-state index contributed by atoms with van der Waals surface area (Å²) in [5, 5.41) is 2.80. The molecular formula is C22H28N2O6S2. The van der Waals surface area contributed by atoms with Crippen molar-refractivity contribution in [2.75, 3.05) is 13.2 Å². The molecule has 32 heavy (non-hydrogen) atoms. The number of sulfonamides is 1. The van der Waals surface area contributed by atoms with Gasteiger partial charge in [-0.1, -0.05) is 26.8 Å². The number of ketones is 1. The molecule has 1 aromatic heterocycles. The average molecular weight is 481 g/mol. The smallest absolute Gasteiger partial charge is 0.321 e. The third-order valence-electron chi connectivity index (χ3n) is 4.60. The van der Waals surface area contributed by atoms with E-state index >= 15 is 0 Å². The molecule has 0 unspecified atom stereocenters. The normalized spacial score (nSPS) is 11.8. The molecule has 0 bridgehead atoms. The molecule has 2 rings (SSSR count). The number of thiophene rings is 1. The first-order chi connectivity index (χ1) is 14.8. The Morgan fingerprint density at radius 3 is 2.34 bits per heavy atom. The summed E-state index contributed by atoms with van der Waals surface area (Å²) >= 11 is 1.20. The Balaban J connectivity index is 1.83. The third kappa shape index (κ3) is 7.25. The first kappa shape index (κ1) is 25.7. The topological polar surface area (TPSA) is 119 Å². The van der Waals surface area contributed by atoms with Crippen molar-refractivity contribution >= 4 is 39.0 Å². The van der Waals surface area contributed by atoms with Crippen molar-refractivity contribution in [3.63, 3.8) is 0 Å². The van der Waals surface area contributed by atoms with Crippen molar-refractivity contribution in [2.45, 2.75) is 46.1 Å². The van der Waals surface area contributed by atoms with Crippen molar-refractivity contribution in [1.29, 1.82) is 0 Å². The van der Waals surface area contributed by atoms with Gasteiger partial charge >= 0.3 is 5.97 Å². The molecule has 0 fully saturated rings. The summed E-state index contributed by atoms with van der Waals surface area (Å²) in [5.41, 5.74) is 1.26. The first-order valence-electron chi connectivity index (χ1n) is 9.92. The second-order valence-electron chi connectivity index (χ2n) is 8.35. The van der Waals surface area contributed by atoms with Crippen molar-refractivity contribution in [3.05, 3.63) is 51.2 Å². The molecule has 10 heteroatoms. The molecular weight excluding hydrogens is 452 g/mol. The van der Waals surface area contributed by atoms with E-state index in [0.717, 1.165) is 16.0 Å². The van der Waals surface area contributed by atoms with Crippen LogP contribution in [0.3, 0.4) is 0 Å². The Hall–Kier alpha value is -2.56. The van der Waals surface area contributed by atoms with Crippen LogP contribution >= 0.6 is 11.3 Å². The van der Waals surface area contributed by atoms with Gasteiger partial charge in [-0.2, -0.15) is 4.72 Å². The molecule has 0 aliphatic heterocycles. The quantitative estimate of drug-likeness (QED) is 0.421. The van der Waals surface area contributed by atoms with Gasteiger partial charge < -0.3 is 10.1 Å². The number of rotatable bonds is 9. The van der Waals surface area contributed by atoms with Gasteiger partial charge in [0.25, 0.3) is 0 Å². The second-order valence-corrected chi connectivity index (χ2v) is 11.3. The van der Waals surface area contributed by atoms with Crippen LogP contribution in [-0.2, 0) is 30.9 Å². The van der Waals surface area contributed by atoms with Gasteiger partial charge in [0.05, 0.1) is 16.3 Å². The fourth-order valence-electron chi connectivity index (χ4n) is 2.44. The maximum atomic E-state index is 12.3. The molecule has 0 atom stereocenters. The largest absolute Gasteiger partial charge is 0.456 e. The summed E-state index contributed by atoms with van der Waals surface area (Å²) in [6.07, 6.45) is 0. The lowest BCUT2D eigenvalue weighted by molar-refractivity contribution is -0.141. The molecule has 1 aromatic carbocycles. The number of benzene rings is 1. The Labute approximate surface area is 192 Å². The fraction of sp³-hybridized carbons (Fsp3) is 0.409. The van der Waals surface area contributed by atoms with Gasteiger partial charge in [0, 0.05) is 10.3 Å². The van der Waals surface area contributed by atoms with Crippen LogP contribution in [0.4, 0.5) is 0 Å². The van der Waals surface area contributed by atoms with Crippen LogP contribution in [-0.4, -0.2) is 39.2 Å². The zero-order valence-electron chi connectivity index (χ0n) is 18.8. The number of amides is 1. The first-order valence-corrected chi connectivity index (χ1v) is 12.2. The highest BCUT2D eigenvalue weighted by atomic mass is 32.2. The number of hydrogen-bond donors (Lipinski definition) is 2. The summed E-state index contributed by atoms with van der Waals surface area (Å²) in [4.78, 5) is 37.3. The summed E-state index contributed by atoms with van der Waals surface area (Å²) < 4.78 is 31.7. The molecule has 0 radical (unpaired) electrons. The predicted molar refractivity (Wildman–Crippen MR) is 122 cm³/mol. The van der Waals surface area contributed by atoms with Gasteiger partial charge in [-0.25, -0.2) is 8.42 Å². The summed E-state index contributed by atoms with van der Waals surface area (Å²) in [6, 6.07) is 7.98. The lowest BCUT2D eigenvalue weighted by atomic mass is 9.96. The zero-order valence-corrected chi connectivity index (χ0v) is 20.4. The van der Waals surface area contributed by atoms with E-state index < -0.39 is 40.3 Å². The minimum Gasteiger partial charge on any atom is -0.456 e. The van der Waals surface area contributed by atoms with Gasteiger partial charge in [0.1, 0.15) is 6.54 Å². The Morgan fingerprint density at radius 2 is 1.72 bits per heavy atom. The monoisotopic (exact) mass is 480 g/mol. The summed E-state index contributed by atoms with van der Waals surface area (Å²) in [5.74, 6) is -1.37. The Kier molecular flexibility index (Phi) is 8.33. The Morgan fingerprint density at radius 1 is 1.03 bits per heavy atom. The molecule has 174 valence electrons. The zero-order chi connectivity index (χ0) is 24.1. The lowest BCUT2D eigenvalue weighted by Gasteiger charge is -2.17. The van der Waals surface area contributed by atoms with E-state index in [1.54, 1.807) is 25.1 Å². The van der Waals surface area contributed by atoms with Crippen LogP contribution in [0, 0.1) is 19.3 Å². The van der Waals surface area contributed by atoms with Crippen LogP contribution in [0.5, 0.6) is 0 Å². The van der Waals surface area contributed by atoms with Crippen molar-refractivity contribution in [2.24, 2.45) is 5.41 Å². The highest BCUT2D eigenvalue weighted by Crippen LogP contribution is 2.19. The van der Waals surface area contributed by atoms with E-state index in [9.17, 15) is 22.8 Å². The molecule has 0 spiro atoms. The summed E-state index contributed by atoms with van der Waals surface area (Å²) in [6.45, 7) is 8.30. The van der Waals surface area contributed by atoms with E-state index in [4.69, 9.17) is 4.74 Å². The average Bonchev–Trinajstić information content (AvgIpc) is 3.19. The molecule has 1 amide bonds. The number of carbonyl (C=O) groups excluding carboxylic acids is 3. The van der Waals surface area contributed by atoms with Gasteiger partial charge in [-0.3, -0.25) is 14.4 Å². The molecule has 0 aliphatic rings. The number of hydrogen-bond acceptors (Lipinski definition) is 7. The summed E-state index contributed by atoms with van der Waals surface area (Å²) in [7, 11) is -3.87. The highest BCUT2D eigenvalue weighted by molar-refractivity contribution is 7.89. The van der Waals surface area contributed by atoms with Crippen molar-refractivity contribution in [3.8, 4) is 0 Å². The lowest BCUT2D eigenvalue weighted by Crippen LogP contribution is -2.34. The molecule has 2 aromatic rings. The maximum Gasteiger partial charge on any atom is 0.321 e. The molecule has 0 saturated carbocycles. The van der Waals surface area contributed by atoms with E-state index in [0.29, 0.717) is 11.4 Å². The van der Waals surface area contributed by atoms with Gasteiger partial charge in [-0.15, -0.1) is 11.3 Å². The SMILES string of the molecule is Cc1ccc(S(=O)(=O)NCC(=O)OCC(=O)c2ccc(CNC(=O)C(C)(C)C)s2)cc1C. The molecule has 0 aliphatic carbocycles. The minimum atomic E-state index is -3.87. The number of carbonyl (C=O) groups is 3. The van der Waals surface area contributed by atoms with E-state index in [-0.39, 0.29) is 10.8 Å². The number of nitrogens with one attached hydrogen (secondary N) is 2. The van der Waals surface area contributed by atoms with E-state index in [2.05, 4.69) is 10.0 Å². The number of esters is 1. The van der Waals surface area contributed by atoms with E-state index in [1.165, 1.54) is 23.5 Å². The van der Waals surface area contributed by atoms with Gasteiger partial charge in [-0.05, 0) is 49.2 Å². The Bertz CT molecular complexity index is 1110. The van der Waals surface area contributed by atoms with Crippen molar-refractivity contribution < 1.29 is 27.5 Å². The molecule has 1 heterocycles. The van der Waals surface area contributed by atoms with Crippen LogP contribution in [0.2, 0.25) is 0 Å². The minimum absolute atomic E-state index is 0.0501. The molecule has 0 saturated heterocycles. The van der Waals surface area contributed by atoms with E-state index in [1.807, 2.05) is 27.7 Å². The standard InChI is InChI=1S/C22H28N2O6S2/c1-14-6-8-17(10-15(14)2)32(28,29)24-12-20(26)30-13-18(25)19-9-7-16(31-19)11-23-21(27)22(3,4)5/h6-10,24H,11-13H2,1-5H3,(H,23,27). The van der Waals surface area contributed by atoms with Gasteiger partial charge in [0.15, 0.2) is 6.61 Å².